The Morgan fingerprint density at radius 2 is 1.80 bits per heavy atom. The van der Waals surface area contributed by atoms with Crippen LogP contribution in [0.25, 0.3) is 0 Å². The minimum Gasteiger partial charge on any atom is -0.387 e. The van der Waals surface area contributed by atoms with E-state index >= 15 is 0 Å². The molecule has 0 amide bonds. The van der Waals surface area contributed by atoms with Crippen molar-refractivity contribution < 1.29 is 18.3 Å². The Morgan fingerprint density at radius 3 is 2.25 bits per heavy atom. The SMILES string of the molecule is CC[C@@H](NC(C)(C)C)[C@H](O)c1cccc(C(F)(F)F)c1. The molecule has 1 rings (SSSR count). The number of benzene rings is 1. The number of alkyl halides is 3. The second-order valence-electron chi connectivity index (χ2n) is 5.98. The maximum Gasteiger partial charge on any atom is 0.416 e. The predicted octanol–water partition coefficient (Wildman–Crippen LogP) is 3.91. The highest BCUT2D eigenvalue weighted by Gasteiger charge is 2.32. The van der Waals surface area contributed by atoms with E-state index in [-0.39, 0.29) is 17.1 Å². The molecule has 0 bridgehead atoms. The first-order valence-electron chi connectivity index (χ1n) is 6.67. The van der Waals surface area contributed by atoms with Crippen molar-refractivity contribution in [2.45, 2.75) is 58.0 Å². The number of hydrogen-bond donors (Lipinski definition) is 2. The molecule has 5 heteroatoms. The molecule has 0 aromatic heterocycles. The molecular formula is C15H22F3NO. The molecular weight excluding hydrogens is 267 g/mol. The first-order chi connectivity index (χ1) is 9.04. The number of nitrogens with one attached hydrogen (secondary N) is 1. The van der Waals surface area contributed by atoms with Gasteiger partial charge in [0.2, 0.25) is 0 Å². The molecule has 2 nitrogen and oxygen atoms in total. The van der Waals surface area contributed by atoms with Crippen molar-refractivity contribution >= 4 is 0 Å². The third-order valence-electron chi connectivity index (χ3n) is 2.99. The number of halogens is 3. The molecule has 1 aromatic carbocycles. The van der Waals surface area contributed by atoms with Crippen LogP contribution in [0.15, 0.2) is 24.3 Å². The maximum atomic E-state index is 12.7. The first kappa shape index (κ1) is 17.0. The van der Waals surface area contributed by atoms with Crippen LogP contribution in [-0.4, -0.2) is 16.7 Å². The van der Waals surface area contributed by atoms with Crippen LogP contribution in [0, 0.1) is 0 Å². The molecule has 0 aliphatic carbocycles. The van der Waals surface area contributed by atoms with E-state index in [1.54, 1.807) is 0 Å². The summed E-state index contributed by atoms with van der Waals surface area (Å²) in [6, 6.07) is 4.57. The van der Waals surface area contributed by atoms with Gasteiger partial charge >= 0.3 is 6.18 Å². The predicted molar refractivity (Wildman–Crippen MR) is 73.4 cm³/mol. The monoisotopic (exact) mass is 289 g/mol. The van der Waals surface area contributed by atoms with E-state index in [0.717, 1.165) is 12.1 Å². The third kappa shape index (κ3) is 4.80. The smallest absolute Gasteiger partial charge is 0.387 e. The van der Waals surface area contributed by atoms with Crippen LogP contribution in [0.1, 0.15) is 51.3 Å². The second kappa shape index (κ2) is 6.14. The van der Waals surface area contributed by atoms with Crippen LogP contribution in [-0.2, 0) is 6.18 Å². The second-order valence-corrected chi connectivity index (χ2v) is 5.98. The highest BCUT2D eigenvalue weighted by Crippen LogP contribution is 2.31. The molecule has 0 spiro atoms. The van der Waals surface area contributed by atoms with Gasteiger partial charge in [-0.15, -0.1) is 0 Å². The standard InChI is InChI=1S/C15H22F3NO/c1-5-12(19-14(2,3)4)13(20)10-7-6-8-11(9-10)15(16,17)18/h6-9,12-13,19-20H,5H2,1-4H3/t12-,13-/m1/s1. The van der Waals surface area contributed by atoms with Crippen LogP contribution >= 0.6 is 0 Å². The molecule has 0 saturated heterocycles. The van der Waals surface area contributed by atoms with Crippen molar-refractivity contribution in [3.05, 3.63) is 35.4 Å². The Labute approximate surface area is 118 Å². The van der Waals surface area contributed by atoms with Gasteiger partial charge in [-0.1, -0.05) is 19.1 Å². The molecule has 2 N–H and O–H groups in total. The Morgan fingerprint density at radius 1 is 1.20 bits per heavy atom. The van der Waals surface area contributed by atoms with Gasteiger partial charge < -0.3 is 10.4 Å². The summed E-state index contributed by atoms with van der Waals surface area (Å²) in [7, 11) is 0. The maximum absolute atomic E-state index is 12.7. The van der Waals surface area contributed by atoms with Crippen molar-refractivity contribution in [2.75, 3.05) is 0 Å². The molecule has 0 aliphatic rings. The van der Waals surface area contributed by atoms with E-state index < -0.39 is 17.8 Å². The fourth-order valence-corrected chi connectivity index (χ4v) is 2.09. The van der Waals surface area contributed by atoms with E-state index in [9.17, 15) is 18.3 Å². The van der Waals surface area contributed by atoms with Gasteiger partial charge in [0.1, 0.15) is 0 Å². The van der Waals surface area contributed by atoms with Gasteiger partial charge in [0.15, 0.2) is 0 Å². The van der Waals surface area contributed by atoms with Gasteiger partial charge in [0.25, 0.3) is 0 Å². The molecule has 0 saturated carbocycles. The van der Waals surface area contributed by atoms with E-state index in [1.165, 1.54) is 12.1 Å². The number of hydrogen-bond acceptors (Lipinski definition) is 2. The fourth-order valence-electron chi connectivity index (χ4n) is 2.09. The van der Waals surface area contributed by atoms with Crippen molar-refractivity contribution in [1.29, 1.82) is 0 Å². The first-order valence-corrected chi connectivity index (χ1v) is 6.67. The van der Waals surface area contributed by atoms with E-state index in [2.05, 4.69) is 5.32 Å². The highest BCUT2D eigenvalue weighted by atomic mass is 19.4. The normalized spacial score (nSPS) is 16.0. The lowest BCUT2D eigenvalue weighted by Crippen LogP contribution is -2.46. The summed E-state index contributed by atoms with van der Waals surface area (Å²) < 4.78 is 38.1. The quantitative estimate of drug-likeness (QED) is 0.881. The van der Waals surface area contributed by atoms with Crippen molar-refractivity contribution in [3.8, 4) is 0 Å². The molecule has 1 aromatic rings. The van der Waals surface area contributed by atoms with Gasteiger partial charge in [-0.3, -0.25) is 0 Å². The summed E-state index contributed by atoms with van der Waals surface area (Å²) in [6.07, 6.45) is -4.75. The van der Waals surface area contributed by atoms with Gasteiger partial charge in [-0.25, -0.2) is 0 Å². The highest BCUT2D eigenvalue weighted by molar-refractivity contribution is 5.28. The zero-order chi connectivity index (χ0) is 15.6. The van der Waals surface area contributed by atoms with Crippen molar-refractivity contribution in [2.24, 2.45) is 0 Å². The zero-order valence-electron chi connectivity index (χ0n) is 12.3. The molecule has 20 heavy (non-hydrogen) atoms. The van der Waals surface area contributed by atoms with E-state index in [1.807, 2.05) is 27.7 Å². The Balaban J connectivity index is 2.98. The van der Waals surface area contributed by atoms with Gasteiger partial charge in [0, 0.05) is 11.6 Å². The van der Waals surface area contributed by atoms with E-state index in [0.29, 0.717) is 6.42 Å². The number of aliphatic hydroxyl groups excluding tert-OH is 1. The lowest BCUT2D eigenvalue weighted by molar-refractivity contribution is -0.137. The lowest BCUT2D eigenvalue weighted by Gasteiger charge is -2.31. The van der Waals surface area contributed by atoms with Crippen molar-refractivity contribution in [3.63, 3.8) is 0 Å². The molecule has 0 unspecified atom stereocenters. The summed E-state index contributed by atoms with van der Waals surface area (Å²) in [5, 5.41) is 13.5. The Hall–Kier alpha value is -1.07. The van der Waals surface area contributed by atoms with Gasteiger partial charge in [0.05, 0.1) is 11.7 Å². The van der Waals surface area contributed by atoms with Gasteiger partial charge in [-0.05, 0) is 44.9 Å². The largest absolute Gasteiger partial charge is 0.416 e. The zero-order valence-corrected chi connectivity index (χ0v) is 12.3. The number of rotatable bonds is 4. The average molecular weight is 289 g/mol. The van der Waals surface area contributed by atoms with Gasteiger partial charge in [-0.2, -0.15) is 13.2 Å². The summed E-state index contributed by atoms with van der Waals surface area (Å²) >= 11 is 0. The minimum absolute atomic E-state index is 0.219. The Kier molecular flexibility index (Phi) is 5.21. The third-order valence-corrected chi connectivity index (χ3v) is 2.99. The summed E-state index contributed by atoms with van der Waals surface area (Å²) in [4.78, 5) is 0. The molecule has 114 valence electrons. The van der Waals surface area contributed by atoms with Crippen LogP contribution < -0.4 is 5.32 Å². The van der Waals surface area contributed by atoms with Crippen LogP contribution in [0.4, 0.5) is 13.2 Å². The van der Waals surface area contributed by atoms with Crippen LogP contribution in [0.2, 0.25) is 0 Å². The fraction of sp³-hybridized carbons (Fsp3) is 0.600. The molecule has 2 atom stereocenters. The average Bonchev–Trinajstić information content (AvgIpc) is 2.33. The summed E-state index contributed by atoms with van der Waals surface area (Å²) in [5.74, 6) is 0. The summed E-state index contributed by atoms with van der Waals surface area (Å²) in [5.41, 5.74) is -0.674. The number of aliphatic hydroxyl groups is 1. The minimum atomic E-state index is -4.39. The topological polar surface area (TPSA) is 32.3 Å². The molecule has 0 fully saturated rings. The van der Waals surface area contributed by atoms with Crippen molar-refractivity contribution in [1.82, 2.24) is 5.32 Å². The molecule has 0 heterocycles. The lowest BCUT2D eigenvalue weighted by atomic mass is 9.96. The summed E-state index contributed by atoms with van der Waals surface area (Å²) in [6.45, 7) is 7.75. The van der Waals surface area contributed by atoms with E-state index in [4.69, 9.17) is 0 Å². The molecule has 0 radical (unpaired) electrons. The van der Waals surface area contributed by atoms with Crippen LogP contribution in [0.3, 0.4) is 0 Å². The van der Waals surface area contributed by atoms with Crippen LogP contribution in [0.5, 0.6) is 0 Å². The Bertz CT molecular complexity index is 437. The molecule has 0 aliphatic heterocycles.